The lowest BCUT2D eigenvalue weighted by atomic mass is 9.77. The summed E-state index contributed by atoms with van der Waals surface area (Å²) in [5.74, 6) is 2.88. The predicted molar refractivity (Wildman–Crippen MR) is 111 cm³/mol. The molecule has 2 heterocycles. The third-order valence-electron chi connectivity index (χ3n) is 6.27. The third kappa shape index (κ3) is 3.76. The Bertz CT molecular complexity index is 861. The Balaban J connectivity index is 1.46. The molecule has 2 aliphatic rings. The SMILES string of the molecule is Cc1ccc2c(C)nc(NC3=NCN([C@H]4CCC[C@H](C)[C@H]4C)CN3)nc2c1. The fourth-order valence-corrected chi connectivity index (χ4v) is 4.38. The summed E-state index contributed by atoms with van der Waals surface area (Å²) in [5, 5.41) is 7.77. The summed E-state index contributed by atoms with van der Waals surface area (Å²) in [7, 11) is 0. The van der Waals surface area contributed by atoms with Gasteiger partial charge in [0.25, 0.3) is 0 Å². The van der Waals surface area contributed by atoms with E-state index in [9.17, 15) is 0 Å². The molecule has 6 heteroatoms. The van der Waals surface area contributed by atoms with Crippen molar-refractivity contribution in [3.8, 4) is 0 Å². The number of guanidine groups is 1. The zero-order valence-electron chi connectivity index (χ0n) is 16.8. The van der Waals surface area contributed by atoms with Crippen molar-refractivity contribution in [3.63, 3.8) is 0 Å². The summed E-state index contributed by atoms with van der Waals surface area (Å²) >= 11 is 0. The first-order valence-electron chi connectivity index (χ1n) is 10.1. The van der Waals surface area contributed by atoms with Gasteiger partial charge in [-0.15, -0.1) is 0 Å². The summed E-state index contributed by atoms with van der Waals surface area (Å²) in [6.07, 6.45) is 3.95. The van der Waals surface area contributed by atoms with Crippen LogP contribution in [0.2, 0.25) is 0 Å². The second kappa shape index (κ2) is 7.43. The maximum atomic E-state index is 4.71. The minimum Gasteiger partial charge on any atom is -0.343 e. The minimum absolute atomic E-state index is 0.602. The van der Waals surface area contributed by atoms with E-state index in [1.165, 1.54) is 24.8 Å². The maximum Gasteiger partial charge on any atom is 0.230 e. The number of anilines is 1. The van der Waals surface area contributed by atoms with Crippen LogP contribution >= 0.6 is 0 Å². The highest BCUT2D eigenvalue weighted by molar-refractivity contribution is 5.93. The van der Waals surface area contributed by atoms with Gasteiger partial charge in [-0.1, -0.05) is 38.8 Å². The zero-order chi connectivity index (χ0) is 19.0. The highest BCUT2D eigenvalue weighted by atomic mass is 15.4. The molecule has 2 N–H and O–H groups in total. The number of rotatable bonds is 2. The molecule has 27 heavy (non-hydrogen) atoms. The number of nitrogens with zero attached hydrogens (tertiary/aromatic N) is 4. The summed E-state index contributed by atoms with van der Waals surface area (Å²) in [6, 6.07) is 6.90. The van der Waals surface area contributed by atoms with E-state index in [4.69, 9.17) is 4.99 Å². The normalized spacial score (nSPS) is 26.5. The van der Waals surface area contributed by atoms with Crippen molar-refractivity contribution in [3.05, 3.63) is 29.5 Å². The smallest absolute Gasteiger partial charge is 0.230 e. The molecule has 2 aromatic rings. The Morgan fingerprint density at radius 2 is 2.00 bits per heavy atom. The van der Waals surface area contributed by atoms with Gasteiger partial charge < -0.3 is 5.32 Å². The molecule has 1 aromatic heterocycles. The number of hydrogen-bond donors (Lipinski definition) is 2. The molecule has 0 amide bonds. The van der Waals surface area contributed by atoms with Crippen LogP contribution in [0.1, 0.15) is 44.4 Å². The predicted octanol–water partition coefficient (Wildman–Crippen LogP) is 3.66. The second-order valence-electron chi connectivity index (χ2n) is 8.18. The molecule has 0 saturated heterocycles. The van der Waals surface area contributed by atoms with Gasteiger partial charge in [0, 0.05) is 11.4 Å². The Morgan fingerprint density at radius 1 is 1.15 bits per heavy atom. The van der Waals surface area contributed by atoms with Crippen LogP contribution < -0.4 is 10.6 Å². The average Bonchev–Trinajstić information content (AvgIpc) is 2.64. The lowest BCUT2D eigenvalue weighted by Crippen LogP contribution is -2.53. The highest BCUT2D eigenvalue weighted by Gasteiger charge is 2.32. The number of hydrogen-bond acceptors (Lipinski definition) is 6. The van der Waals surface area contributed by atoms with Gasteiger partial charge in [0.15, 0.2) is 0 Å². The Hall–Kier alpha value is -2.21. The number of aryl methyl sites for hydroxylation is 2. The molecule has 0 bridgehead atoms. The average molecular weight is 367 g/mol. The van der Waals surface area contributed by atoms with Crippen LogP contribution in [0.4, 0.5) is 5.95 Å². The Kier molecular flexibility index (Phi) is 5.00. The van der Waals surface area contributed by atoms with Gasteiger partial charge >= 0.3 is 0 Å². The number of aliphatic imine (C=N–C) groups is 1. The number of nitrogens with one attached hydrogen (secondary N) is 2. The molecule has 0 radical (unpaired) electrons. The topological polar surface area (TPSA) is 65.4 Å². The molecular weight excluding hydrogens is 336 g/mol. The standard InChI is InChI=1S/C21H30N6/c1-13-8-9-17-16(4)24-21(25-18(17)10-13)26-20-22-11-27(12-23-20)19-7-5-6-14(2)15(19)3/h8-10,14-15,19H,5-7,11-12H2,1-4H3,(H2,22,23,24,25,26)/t14-,15+,19-/m0/s1. The minimum atomic E-state index is 0.602. The van der Waals surface area contributed by atoms with Crippen LogP contribution in [0.3, 0.4) is 0 Å². The molecule has 0 spiro atoms. The molecule has 3 atom stereocenters. The quantitative estimate of drug-likeness (QED) is 0.849. The van der Waals surface area contributed by atoms with Crippen LogP contribution in [0, 0.1) is 25.7 Å². The molecular formula is C21H30N6. The van der Waals surface area contributed by atoms with Crippen molar-refractivity contribution in [1.82, 2.24) is 20.2 Å². The third-order valence-corrected chi connectivity index (χ3v) is 6.27. The molecule has 1 saturated carbocycles. The van der Waals surface area contributed by atoms with Crippen molar-refractivity contribution in [2.45, 2.75) is 53.0 Å². The van der Waals surface area contributed by atoms with Crippen LogP contribution in [-0.4, -0.2) is 40.2 Å². The molecule has 1 aliphatic carbocycles. The Labute approximate surface area is 161 Å². The summed E-state index contributed by atoms with van der Waals surface area (Å²) in [6.45, 7) is 10.4. The molecule has 1 fully saturated rings. The fourth-order valence-electron chi connectivity index (χ4n) is 4.38. The van der Waals surface area contributed by atoms with Crippen molar-refractivity contribution in [1.29, 1.82) is 0 Å². The molecule has 1 aromatic carbocycles. The van der Waals surface area contributed by atoms with Gasteiger partial charge in [-0.05, 0) is 43.7 Å². The number of aromatic nitrogens is 2. The molecule has 1 aliphatic heterocycles. The molecule has 6 nitrogen and oxygen atoms in total. The number of benzene rings is 1. The summed E-state index contributed by atoms with van der Waals surface area (Å²) < 4.78 is 0. The van der Waals surface area contributed by atoms with Gasteiger partial charge in [-0.25, -0.2) is 15.0 Å². The van der Waals surface area contributed by atoms with Gasteiger partial charge in [-0.3, -0.25) is 10.2 Å². The Morgan fingerprint density at radius 3 is 2.78 bits per heavy atom. The van der Waals surface area contributed by atoms with E-state index in [-0.39, 0.29) is 0 Å². The fraction of sp³-hybridized carbons (Fsp3) is 0.571. The van der Waals surface area contributed by atoms with Crippen LogP contribution in [0.5, 0.6) is 0 Å². The van der Waals surface area contributed by atoms with Crippen molar-refractivity contribution in [2.75, 3.05) is 18.7 Å². The van der Waals surface area contributed by atoms with E-state index in [2.05, 4.69) is 64.5 Å². The zero-order valence-corrected chi connectivity index (χ0v) is 16.8. The van der Waals surface area contributed by atoms with E-state index in [1.54, 1.807) is 0 Å². The largest absolute Gasteiger partial charge is 0.343 e. The van der Waals surface area contributed by atoms with E-state index < -0.39 is 0 Å². The highest BCUT2D eigenvalue weighted by Crippen LogP contribution is 2.32. The van der Waals surface area contributed by atoms with E-state index in [1.807, 2.05) is 6.92 Å². The van der Waals surface area contributed by atoms with Crippen LogP contribution in [-0.2, 0) is 0 Å². The first-order chi connectivity index (χ1) is 13.0. The van der Waals surface area contributed by atoms with Gasteiger partial charge in [-0.2, -0.15) is 0 Å². The van der Waals surface area contributed by atoms with Crippen LogP contribution in [0.15, 0.2) is 23.2 Å². The van der Waals surface area contributed by atoms with Gasteiger partial charge in [0.05, 0.1) is 24.5 Å². The maximum absolute atomic E-state index is 4.71. The monoisotopic (exact) mass is 366 g/mol. The summed E-state index contributed by atoms with van der Waals surface area (Å²) in [4.78, 5) is 16.4. The second-order valence-corrected chi connectivity index (χ2v) is 8.18. The van der Waals surface area contributed by atoms with E-state index in [0.29, 0.717) is 12.0 Å². The lowest BCUT2D eigenvalue weighted by Gasteiger charge is -2.42. The van der Waals surface area contributed by atoms with Crippen LogP contribution in [0.25, 0.3) is 10.9 Å². The molecule has 144 valence electrons. The summed E-state index contributed by atoms with van der Waals surface area (Å²) in [5.41, 5.74) is 3.14. The number of fused-ring (bicyclic) bond motifs is 1. The van der Waals surface area contributed by atoms with Crippen molar-refractivity contribution >= 4 is 22.8 Å². The first kappa shape index (κ1) is 18.2. The van der Waals surface area contributed by atoms with Crippen molar-refractivity contribution in [2.24, 2.45) is 16.8 Å². The molecule has 4 rings (SSSR count). The van der Waals surface area contributed by atoms with E-state index >= 15 is 0 Å². The van der Waals surface area contributed by atoms with Crippen molar-refractivity contribution < 1.29 is 0 Å². The molecule has 0 unspecified atom stereocenters. The van der Waals surface area contributed by atoms with Gasteiger partial charge in [0.1, 0.15) is 0 Å². The van der Waals surface area contributed by atoms with Gasteiger partial charge in [0.2, 0.25) is 11.9 Å². The lowest BCUT2D eigenvalue weighted by molar-refractivity contribution is 0.0771. The van der Waals surface area contributed by atoms with E-state index in [0.717, 1.165) is 47.7 Å². The first-order valence-corrected chi connectivity index (χ1v) is 10.1.